The summed E-state index contributed by atoms with van der Waals surface area (Å²) in [5.41, 5.74) is 0.0804. The highest BCUT2D eigenvalue weighted by Gasteiger charge is 2.30. The number of carbonyl (C=O) groups is 1. The molecule has 1 N–H and O–H groups in total. The number of nitrogens with zero attached hydrogens (tertiary/aromatic N) is 3. The highest BCUT2D eigenvalue weighted by atomic mass is 35.5. The summed E-state index contributed by atoms with van der Waals surface area (Å²) < 4.78 is 5.38. The van der Waals surface area contributed by atoms with Crippen LogP contribution in [0, 0.1) is 0 Å². The van der Waals surface area contributed by atoms with Gasteiger partial charge in [0.15, 0.2) is 0 Å². The average Bonchev–Trinajstić information content (AvgIpc) is 2.37. The molecule has 116 valence electrons. The molecule has 1 amide bonds. The Balaban J connectivity index is 2.13. The van der Waals surface area contributed by atoms with Gasteiger partial charge >= 0.3 is 6.09 Å². The van der Waals surface area contributed by atoms with E-state index in [1.807, 2.05) is 20.8 Å². The van der Waals surface area contributed by atoms with Crippen molar-refractivity contribution in [1.82, 2.24) is 20.2 Å². The van der Waals surface area contributed by atoms with Crippen molar-refractivity contribution in [1.29, 1.82) is 0 Å². The highest BCUT2D eigenvalue weighted by Crippen LogP contribution is 2.29. The van der Waals surface area contributed by atoms with Crippen LogP contribution in [0.25, 0.3) is 0 Å². The third-order valence-electron chi connectivity index (χ3n) is 2.96. The van der Waals surface area contributed by atoms with Gasteiger partial charge in [-0.25, -0.2) is 14.8 Å². The summed E-state index contributed by atoms with van der Waals surface area (Å²) in [6.07, 6.45) is 0.959. The second-order valence-corrected chi connectivity index (χ2v) is 6.52. The Morgan fingerprint density at radius 3 is 2.57 bits per heavy atom. The molecule has 1 atom stereocenters. The molecule has 1 aromatic rings. The molecule has 0 bridgehead atoms. The molecule has 1 aliphatic rings. The van der Waals surface area contributed by atoms with Crippen molar-refractivity contribution in [3.63, 3.8) is 0 Å². The third-order valence-corrected chi connectivity index (χ3v) is 3.56. The molecule has 1 aliphatic heterocycles. The van der Waals surface area contributed by atoms with E-state index in [-0.39, 0.29) is 12.1 Å². The molecule has 6 nitrogen and oxygen atoms in total. The van der Waals surface area contributed by atoms with Crippen LogP contribution in [0.4, 0.5) is 4.79 Å². The van der Waals surface area contributed by atoms with Crippen LogP contribution in [-0.4, -0.2) is 46.2 Å². The van der Waals surface area contributed by atoms with Gasteiger partial charge in [-0.1, -0.05) is 23.2 Å². The van der Waals surface area contributed by atoms with Gasteiger partial charge in [-0.3, -0.25) is 0 Å². The lowest BCUT2D eigenvalue weighted by Gasteiger charge is -2.35. The van der Waals surface area contributed by atoms with E-state index in [0.29, 0.717) is 35.5 Å². The number of hydrogen-bond donors (Lipinski definition) is 1. The van der Waals surface area contributed by atoms with Crippen LogP contribution in [0.5, 0.6) is 0 Å². The predicted molar refractivity (Wildman–Crippen MR) is 80.6 cm³/mol. The van der Waals surface area contributed by atoms with Crippen LogP contribution in [0.3, 0.4) is 0 Å². The number of carbonyl (C=O) groups excluding carboxylic acids is 1. The van der Waals surface area contributed by atoms with Gasteiger partial charge in [0, 0.05) is 25.2 Å². The normalized spacial score (nSPS) is 19.5. The lowest BCUT2D eigenvalue weighted by atomic mass is 10.1. The molecule has 1 aromatic heterocycles. The molecule has 2 heterocycles. The highest BCUT2D eigenvalue weighted by molar-refractivity contribution is 6.34. The second kappa shape index (κ2) is 6.34. The number of halogens is 2. The third kappa shape index (κ3) is 4.18. The zero-order valence-corrected chi connectivity index (χ0v) is 13.7. The van der Waals surface area contributed by atoms with Gasteiger partial charge in [0.25, 0.3) is 0 Å². The molecule has 0 radical (unpaired) electrons. The SMILES string of the molecule is CC(C)(C)OC(=O)N1CCNC(c2c(Cl)ncnc2Cl)C1. The van der Waals surface area contributed by atoms with E-state index in [1.165, 1.54) is 6.33 Å². The van der Waals surface area contributed by atoms with Crippen LogP contribution in [0.1, 0.15) is 32.4 Å². The number of amides is 1. The smallest absolute Gasteiger partial charge is 0.410 e. The standard InChI is InChI=1S/C13H18Cl2N4O2/c1-13(2,3)21-12(20)19-5-4-16-8(6-19)9-10(14)17-7-18-11(9)15/h7-8,16H,4-6H2,1-3H3. The maximum Gasteiger partial charge on any atom is 0.410 e. The number of ether oxygens (including phenoxy) is 1. The maximum absolute atomic E-state index is 12.1. The fraction of sp³-hybridized carbons (Fsp3) is 0.615. The van der Waals surface area contributed by atoms with Gasteiger partial charge in [0.1, 0.15) is 22.2 Å². The van der Waals surface area contributed by atoms with Gasteiger partial charge in [0.05, 0.1) is 6.04 Å². The first-order valence-corrected chi connectivity index (χ1v) is 7.41. The average molecular weight is 333 g/mol. The number of rotatable bonds is 1. The molecule has 1 saturated heterocycles. The summed E-state index contributed by atoms with van der Waals surface area (Å²) >= 11 is 12.2. The zero-order valence-electron chi connectivity index (χ0n) is 12.2. The summed E-state index contributed by atoms with van der Waals surface area (Å²) in [6.45, 7) is 7.09. The van der Waals surface area contributed by atoms with E-state index < -0.39 is 5.60 Å². The minimum absolute atomic E-state index is 0.215. The van der Waals surface area contributed by atoms with E-state index in [2.05, 4.69) is 15.3 Å². The van der Waals surface area contributed by atoms with Crippen molar-refractivity contribution in [2.75, 3.05) is 19.6 Å². The van der Waals surface area contributed by atoms with E-state index in [9.17, 15) is 4.79 Å². The Morgan fingerprint density at radius 1 is 1.38 bits per heavy atom. The second-order valence-electron chi connectivity index (χ2n) is 5.80. The zero-order chi connectivity index (χ0) is 15.6. The number of hydrogen-bond acceptors (Lipinski definition) is 5. The monoisotopic (exact) mass is 332 g/mol. The molecule has 0 saturated carbocycles. The molecular weight excluding hydrogens is 315 g/mol. The van der Waals surface area contributed by atoms with Crippen LogP contribution >= 0.6 is 23.2 Å². The molecule has 1 fully saturated rings. The molecule has 8 heteroatoms. The van der Waals surface area contributed by atoms with Crippen molar-refractivity contribution in [2.45, 2.75) is 32.4 Å². The fourth-order valence-corrected chi connectivity index (χ4v) is 2.66. The lowest BCUT2D eigenvalue weighted by molar-refractivity contribution is 0.0195. The number of piperazine rings is 1. The van der Waals surface area contributed by atoms with Crippen molar-refractivity contribution in [2.24, 2.45) is 0 Å². The molecule has 1 unspecified atom stereocenters. The van der Waals surface area contributed by atoms with E-state index in [0.717, 1.165) is 0 Å². The first kappa shape index (κ1) is 16.3. The number of nitrogens with one attached hydrogen (secondary N) is 1. The van der Waals surface area contributed by atoms with Crippen molar-refractivity contribution in [3.05, 3.63) is 22.2 Å². The molecule has 0 aromatic carbocycles. The van der Waals surface area contributed by atoms with Gasteiger partial charge in [-0.05, 0) is 20.8 Å². The Hall–Kier alpha value is -1.11. The minimum Gasteiger partial charge on any atom is -0.444 e. The van der Waals surface area contributed by atoms with Crippen LogP contribution in [-0.2, 0) is 4.74 Å². The van der Waals surface area contributed by atoms with E-state index in [4.69, 9.17) is 27.9 Å². The molecule has 2 rings (SSSR count). The Kier molecular flexibility index (Phi) is 4.91. The summed E-state index contributed by atoms with van der Waals surface area (Å²) in [6, 6.07) is -0.215. The van der Waals surface area contributed by atoms with E-state index >= 15 is 0 Å². The summed E-state index contributed by atoms with van der Waals surface area (Å²) in [5.74, 6) is 0. The van der Waals surface area contributed by atoms with Gasteiger partial charge in [0.2, 0.25) is 0 Å². The molecule has 21 heavy (non-hydrogen) atoms. The Bertz CT molecular complexity index is 513. The topological polar surface area (TPSA) is 67.3 Å². The van der Waals surface area contributed by atoms with Crippen LogP contribution < -0.4 is 5.32 Å². The van der Waals surface area contributed by atoms with Crippen LogP contribution in [0.15, 0.2) is 6.33 Å². The van der Waals surface area contributed by atoms with Crippen molar-refractivity contribution in [3.8, 4) is 0 Å². The quantitative estimate of drug-likeness (QED) is 0.801. The van der Waals surface area contributed by atoms with Crippen molar-refractivity contribution < 1.29 is 9.53 Å². The summed E-state index contributed by atoms with van der Waals surface area (Å²) in [7, 11) is 0. The Morgan fingerprint density at radius 2 is 2.00 bits per heavy atom. The minimum atomic E-state index is -0.525. The van der Waals surface area contributed by atoms with E-state index in [1.54, 1.807) is 4.90 Å². The Labute approximate surface area is 133 Å². The summed E-state index contributed by atoms with van der Waals surface area (Å²) in [5, 5.41) is 3.85. The number of aromatic nitrogens is 2. The lowest BCUT2D eigenvalue weighted by Crippen LogP contribution is -2.49. The molecular formula is C13H18Cl2N4O2. The first-order valence-electron chi connectivity index (χ1n) is 6.65. The predicted octanol–water partition coefficient (Wildman–Crippen LogP) is 2.66. The summed E-state index contributed by atoms with van der Waals surface area (Å²) in [4.78, 5) is 21.6. The fourth-order valence-electron chi connectivity index (χ4n) is 2.08. The van der Waals surface area contributed by atoms with Gasteiger partial charge in [-0.2, -0.15) is 0 Å². The van der Waals surface area contributed by atoms with Gasteiger partial charge in [-0.15, -0.1) is 0 Å². The maximum atomic E-state index is 12.1. The largest absolute Gasteiger partial charge is 0.444 e. The first-order chi connectivity index (χ1) is 9.78. The van der Waals surface area contributed by atoms with Crippen molar-refractivity contribution >= 4 is 29.3 Å². The molecule has 0 spiro atoms. The van der Waals surface area contributed by atoms with Gasteiger partial charge < -0.3 is 15.0 Å². The molecule has 0 aliphatic carbocycles. The van der Waals surface area contributed by atoms with Crippen LogP contribution in [0.2, 0.25) is 10.3 Å².